The number of carboxylic acid groups (broad SMARTS) is 1. The van der Waals surface area contributed by atoms with Crippen molar-refractivity contribution in [1.29, 1.82) is 0 Å². The predicted molar refractivity (Wildman–Crippen MR) is 114 cm³/mol. The fourth-order valence-corrected chi connectivity index (χ4v) is 4.24. The number of thioether (sulfide) groups is 1. The fraction of sp³-hybridized carbons (Fsp3) is 0.250. The smallest absolute Gasteiger partial charge is 0.280 e. The van der Waals surface area contributed by atoms with Gasteiger partial charge in [0.2, 0.25) is 0 Å². The summed E-state index contributed by atoms with van der Waals surface area (Å²) in [5.41, 5.74) is 0.287. The maximum Gasteiger partial charge on any atom is 0.280 e. The maximum atomic E-state index is 12.6. The molecule has 0 unspecified atom stereocenters. The van der Waals surface area contributed by atoms with Crippen LogP contribution in [0, 0.1) is 10.1 Å². The van der Waals surface area contributed by atoms with E-state index in [0.717, 1.165) is 11.8 Å². The van der Waals surface area contributed by atoms with Crippen LogP contribution in [0.2, 0.25) is 0 Å². The number of hydrogen-bond acceptors (Lipinski definition) is 8. The Hall–Kier alpha value is -2.98. The summed E-state index contributed by atoms with van der Waals surface area (Å²) in [6.45, 7) is 0.411. The Labute approximate surface area is 181 Å². The lowest BCUT2D eigenvalue weighted by molar-refractivity contribution is -0.384. The molecule has 0 bridgehead atoms. The average Bonchev–Trinajstić information content (AvgIpc) is 3.27. The van der Waals surface area contributed by atoms with Gasteiger partial charge < -0.3 is 14.3 Å². The van der Waals surface area contributed by atoms with Crippen LogP contribution in [-0.4, -0.2) is 32.6 Å². The van der Waals surface area contributed by atoms with Gasteiger partial charge in [0.05, 0.1) is 15.4 Å². The number of nitro benzene ring substituents is 1. The summed E-state index contributed by atoms with van der Waals surface area (Å²) in [6.07, 6.45) is 3.34. The molecule has 0 aliphatic carbocycles. The van der Waals surface area contributed by atoms with Gasteiger partial charge >= 0.3 is 0 Å². The van der Waals surface area contributed by atoms with Crippen LogP contribution in [-0.2, 0) is 9.59 Å². The molecule has 0 radical (unpaired) electrons. The molecule has 1 aliphatic heterocycles. The number of amides is 1. The number of aliphatic carboxylic acids is 1. The normalized spacial score (nSPS) is 15.2. The van der Waals surface area contributed by atoms with E-state index in [9.17, 15) is 24.8 Å². The summed E-state index contributed by atoms with van der Waals surface area (Å²) in [5, 5.41) is 21.6. The minimum absolute atomic E-state index is 0.00129. The number of para-hydroxylation sites is 1. The van der Waals surface area contributed by atoms with Gasteiger partial charge in [0.25, 0.3) is 11.6 Å². The van der Waals surface area contributed by atoms with Crippen LogP contribution in [0.5, 0.6) is 0 Å². The molecule has 2 heterocycles. The summed E-state index contributed by atoms with van der Waals surface area (Å²) in [7, 11) is 0. The van der Waals surface area contributed by atoms with E-state index < -0.39 is 10.9 Å². The van der Waals surface area contributed by atoms with Crippen molar-refractivity contribution in [2.45, 2.75) is 25.7 Å². The Morgan fingerprint density at radius 3 is 2.70 bits per heavy atom. The van der Waals surface area contributed by atoms with Crippen LogP contribution < -0.4 is 5.11 Å². The van der Waals surface area contributed by atoms with Gasteiger partial charge in [-0.25, -0.2) is 0 Å². The van der Waals surface area contributed by atoms with E-state index in [4.69, 9.17) is 16.6 Å². The molecule has 30 heavy (non-hydrogen) atoms. The van der Waals surface area contributed by atoms with Gasteiger partial charge in [-0.3, -0.25) is 19.8 Å². The predicted octanol–water partition coefficient (Wildman–Crippen LogP) is 3.37. The molecular weight excluding hydrogens is 428 g/mol. The Morgan fingerprint density at radius 1 is 1.20 bits per heavy atom. The second-order valence-corrected chi connectivity index (χ2v) is 8.17. The molecule has 10 heteroatoms. The first-order valence-corrected chi connectivity index (χ1v) is 10.4. The van der Waals surface area contributed by atoms with Crippen molar-refractivity contribution in [3.63, 3.8) is 0 Å². The number of thiocarbonyl (C=S) groups is 1. The lowest BCUT2D eigenvalue weighted by Gasteiger charge is -2.14. The van der Waals surface area contributed by atoms with E-state index in [-0.39, 0.29) is 18.0 Å². The standard InChI is InChI=1S/C20H18N2O6S2/c23-18(24)8-2-1-5-11-21-19(25)17(30-20(21)29)12-13-9-10-16(28-13)14-6-3-4-7-15(14)22(26)27/h3-4,6-7,9-10,12H,1-2,5,8,11H2,(H,23,24)/p-1/b17-12+. The fourth-order valence-electron chi connectivity index (χ4n) is 2.95. The van der Waals surface area contributed by atoms with E-state index in [2.05, 4.69) is 0 Å². The molecule has 2 aromatic rings. The van der Waals surface area contributed by atoms with Crippen LogP contribution in [0.3, 0.4) is 0 Å². The van der Waals surface area contributed by atoms with Crippen molar-refractivity contribution in [3.05, 3.63) is 57.2 Å². The first kappa shape index (κ1) is 21.7. The number of carboxylic acids is 1. The summed E-state index contributed by atoms with van der Waals surface area (Å²) in [6, 6.07) is 9.51. The van der Waals surface area contributed by atoms with Crippen molar-refractivity contribution in [2.24, 2.45) is 0 Å². The molecule has 8 nitrogen and oxygen atoms in total. The van der Waals surface area contributed by atoms with Gasteiger partial charge in [0, 0.05) is 24.7 Å². The monoisotopic (exact) mass is 445 g/mol. The maximum absolute atomic E-state index is 12.6. The summed E-state index contributed by atoms with van der Waals surface area (Å²) >= 11 is 6.43. The largest absolute Gasteiger partial charge is 0.550 e. The Bertz CT molecular complexity index is 1030. The molecule has 1 saturated heterocycles. The number of rotatable bonds is 9. The quantitative estimate of drug-likeness (QED) is 0.190. The van der Waals surface area contributed by atoms with Crippen LogP contribution in [0.25, 0.3) is 17.4 Å². The third kappa shape index (κ3) is 5.14. The minimum atomic E-state index is -1.08. The first-order valence-electron chi connectivity index (χ1n) is 9.15. The minimum Gasteiger partial charge on any atom is -0.550 e. The Morgan fingerprint density at radius 2 is 1.97 bits per heavy atom. The molecule has 1 aromatic heterocycles. The van der Waals surface area contributed by atoms with E-state index >= 15 is 0 Å². The Balaban J connectivity index is 1.68. The van der Waals surface area contributed by atoms with Gasteiger partial charge in [-0.1, -0.05) is 42.5 Å². The summed E-state index contributed by atoms with van der Waals surface area (Å²) < 4.78 is 6.13. The number of nitrogens with zero attached hydrogens (tertiary/aromatic N) is 2. The van der Waals surface area contributed by atoms with Crippen LogP contribution in [0.15, 0.2) is 45.7 Å². The molecule has 0 spiro atoms. The highest BCUT2D eigenvalue weighted by molar-refractivity contribution is 8.26. The van der Waals surface area contributed by atoms with Crippen molar-refractivity contribution >= 4 is 51.9 Å². The van der Waals surface area contributed by atoms with Gasteiger partial charge in [-0.05, 0) is 37.5 Å². The average molecular weight is 445 g/mol. The van der Waals surface area contributed by atoms with E-state index in [1.807, 2.05) is 0 Å². The zero-order valence-corrected chi connectivity index (χ0v) is 17.4. The van der Waals surface area contributed by atoms with Crippen LogP contribution >= 0.6 is 24.0 Å². The molecule has 0 N–H and O–H groups in total. The zero-order chi connectivity index (χ0) is 21.7. The topological polar surface area (TPSA) is 117 Å². The molecule has 0 atom stereocenters. The van der Waals surface area contributed by atoms with Gasteiger partial charge in [-0.15, -0.1) is 0 Å². The molecule has 3 rings (SSSR count). The lowest BCUT2D eigenvalue weighted by Crippen LogP contribution is -2.29. The van der Waals surface area contributed by atoms with Crippen molar-refractivity contribution in [3.8, 4) is 11.3 Å². The van der Waals surface area contributed by atoms with Crippen LogP contribution in [0.1, 0.15) is 31.4 Å². The second kappa shape index (κ2) is 9.68. The van der Waals surface area contributed by atoms with Crippen LogP contribution in [0.4, 0.5) is 5.69 Å². The van der Waals surface area contributed by atoms with Crippen molar-refractivity contribution in [2.75, 3.05) is 6.54 Å². The Kier molecular flexibility index (Phi) is 7.01. The molecule has 1 fully saturated rings. The molecule has 1 aromatic carbocycles. The number of hydrogen-bond donors (Lipinski definition) is 0. The number of unbranched alkanes of at least 4 members (excludes halogenated alkanes) is 2. The zero-order valence-electron chi connectivity index (χ0n) is 15.7. The van der Waals surface area contributed by atoms with Gasteiger partial charge in [-0.2, -0.15) is 0 Å². The number of nitro groups is 1. The van der Waals surface area contributed by atoms with Gasteiger partial charge in [0.1, 0.15) is 15.8 Å². The molecule has 156 valence electrons. The number of furan rings is 1. The number of carbonyl (C=O) groups is 2. The van der Waals surface area contributed by atoms with E-state index in [1.165, 1.54) is 11.0 Å². The van der Waals surface area contributed by atoms with E-state index in [1.54, 1.807) is 36.4 Å². The highest BCUT2D eigenvalue weighted by Crippen LogP contribution is 2.35. The number of benzene rings is 1. The lowest BCUT2D eigenvalue weighted by atomic mass is 10.1. The van der Waals surface area contributed by atoms with Gasteiger partial charge in [0.15, 0.2) is 0 Å². The molecule has 0 saturated carbocycles. The summed E-state index contributed by atoms with van der Waals surface area (Å²) in [4.78, 5) is 35.7. The molecule has 1 aliphatic rings. The second-order valence-electron chi connectivity index (χ2n) is 6.49. The van der Waals surface area contributed by atoms with Crippen molar-refractivity contribution < 1.29 is 24.0 Å². The number of carbonyl (C=O) groups excluding carboxylic acids is 2. The van der Waals surface area contributed by atoms with E-state index in [0.29, 0.717) is 52.1 Å². The SMILES string of the molecule is O=C([O-])CCCCCN1C(=O)/C(=C\c2ccc(-c3ccccc3[N+](=O)[O-])o2)SC1=S. The third-order valence-corrected chi connectivity index (χ3v) is 5.78. The highest BCUT2D eigenvalue weighted by Gasteiger charge is 2.31. The molecular formula is C20H17N2O6S2-. The summed E-state index contributed by atoms with van der Waals surface area (Å²) in [5.74, 6) is -0.606. The van der Waals surface area contributed by atoms with Crippen molar-refractivity contribution in [1.82, 2.24) is 4.90 Å². The molecule has 1 amide bonds. The third-order valence-electron chi connectivity index (χ3n) is 4.40. The first-order chi connectivity index (χ1) is 14.4. The highest BCUT2D eigenvalue weighted by atomic mass is 32.2.